The Hall–Kier alpha value is -4.09. The molecule has 1 N–H and O–H groups in total. The van der Waals surface area contributed by atoms with Crippen molar-refractivity contribution in [1.82, 2.24) is 14.7 Å². The van der Waals surface area contributed by atoms with E-state index < -0.39 is 5.76 Å². The number of carbonyl (C=O) groups excluding carboxylic acids is 1. The second-order valence-corrected chi connectivity index (χ2v) is 7.90. The van der Waals surface area contributed by atoms with Crippen molar-refractivity contribution in [3.05, 3.63) is 99.2 Å². The number of oxime groups is 1. The first-order valence-corrected chi connectivity index (χ1v) is 11.1. The molecule has 174 valence electrons. The molecule has 1 amide bonds. The van der Waals surface area contributed by atoms with Crippen LogP contribution < -0.4 is 11.1 Å². The highest BCUT2D eigenvalue weighted by molar-refractivity contribution is 7.13. The quantitative estimate of drug-likeness (QED) is 0.274. The molecule has 0 saturated carbocycles. The van der Waals surface area contributed by atoms with Crippen LogP contribution in [0.1, 0.15) is 22.6 Å². The molecule has 11 heteroatoms. The summed E-state index contributed by atoms with van der Waals surface area (Å²) in [5.41, 5.74) is 2.61. The molecule has 34 heavy (non-hydrogen) atoms. The molecule has 2 aromatic carbocycles. The van der Waals surface area contributed by atoms with Crippen molar-refractivity contribution >= 4 is 28.1 Å². The van der Waals surface area contributed by atoms with Crippen LogP contribution in [0.4, 0.5) is 5.13 Å². The van der Waals surface area contributed by atoms with Gasteiger partial charge in [0, 0.05) is 18.0 Å². The fourth-order valence-electron chi connectivity index (χ4n) is 2.94. The third-order valence-corrected chi connectivity index (χ3v) is 5.29. The van der Waals surface area contributed by atoms with E-state index in [0.717, 1.165) is 5.56 Å². The van der Waals surface area contributed by atoms with Crippen molar-refractivity contribution in [2.75, 3.05) is 11.9 Å². The van der Waals surface area contributed by atoms with E-state index in [2.05, 4.69) is 20.4 Å². The van der Waals surface area contributed by atoms with Crippen molar-refractivity contribution in [2.24, 2.45) is 12.2 Å². The molecular weight excluding hydrogens is 458 g/mol. The fourth-order valence-corrected chi connectivity index (χ4v) is 3.65. The summed E-state index contributed by atoms with van der Waals surface area (Å²) in [6.45, 7) is 0.324. The number of benzene rings is 2. The molecule has 0 radical (unpaired) electrons. The number of nitrogens with zero attached hydrogens (tertiary/aromatic N) is 4. The van der Waals surface area contributed by atoms with Crippen LogP contribution in [0.25, 0.3) is 0 Å². The number of amides is 1. The van der Waals surface area contributed by atoms with Crippen LogP contribution in [0.2, 0.25) is 0 Å². The highest BCUT2D eigenvalue weighted by Crippen LogP contribution is 2.17. The van der Waals surface area contributed by atoms with Gasteiger partial charge in [0.25, 0.3) is 5.91 Å². The number of thiazole rings is 1. The molecule has 0 atom stereocenters. The van der Waals surface area contributed by atoms with Gasteiger partial charge in [0.2, 0.25) is 0 Å². The summed E-state index contributed by atoms with van der Waals surface area (Å²) in [4.78, 5) is 37.3. The van der Waals surface area contributed by atoms with E-state index in [0.29, 0.717) is 28.7 Å². The van der Waals surface area contributed by atoms with E-state index in [1.165, 1.54) is 16.1 Å². The molecule has 0 saturated heterocycles. The Morgan fingerprint density at radius 3 is 2.53 bits per heavy atom. The van der Waals surface area contributed by atoms with Gasteiger partial charge in [-0.2, -0.15) is 9.72 Å². The SMILES string of the molecule is Cn1oc(=O)nc1/C(=N\OCc1csc(NC(=O)COCc2ccccc2)n1)c1ccccc1. The predicted molar refractivity (Wildman–Crippen MR) is 125 cm³/mol. The molecule has 0 fully saturated rings. The lowest BCUT2D eigenvalue weighted by atomic mass is 10.1. The van der Waals surface area contributed by atoms with Crippen molar-refractivity contribution in [2.45, 2.75) is 13.2 Å². The third kappa shape index (κ3) is 6.24. The lowest BCUT2D eigenvalue weighted by molar-refractivity contribution is -0.121. The van der Waals surface area contributed by atoms with Crippen LogP contribution >= 0.6 is 11.3 Å². The molecule has 0 aliphatic rings. The maximum absolute atomic E-state index is 12.1. The van der Waals surface area contributed by atoms with Gasteiger partial charge < -0.3 is 14.1 Å². The van der Waals surface area contributed by atoms with Crippen LogP contribution in [0.5, 0.6) is 0 Å². The first-order valence-electron chi connectivity index (χ1n) is 10.2. The van der Waals surface area contributed by atoms with Crippen molar-refractivity contribution in [1.29, 1.82) is 0 Å². The number of carbonyl (C=O) groups is 1. The maximum atomic E-state index is 12.1. The molecule has 2 aromatic heterocycles. The predicted octanol–water partition coefficient (Wildman–Crippen LogP) is 2.95. The minimum Gasteiger partial charge on any atom is -0.389 e. The lowest BCUT2D eigenvalue weighted by Gasteiger charge is -2.05. The van der Waals surface area contributed by atoms with Crippen LogP contribution in [-0.4, -0.2) is 32.9 Å². The highest BCUT2D eigenvalue weighted by Gasteiger charge is 2.16. The Morgan fingerprint density at radius 2 is 1.82 bits per heavy atom. The largest absolute Gasteiger partial charge is 0.460 e. The van der Waals surface area contributed by atoms with Gasteiger partial charge >= 0.3 is 5.76 Å². The van der Waals surface area contributed by atoms with E-state index >= 15 is 0 Å². The molecule has 4 aromatic rings. The molecule has 10 nitrogen and oxygen atoms in total. The number of nitrogens with one attached hydrogen (secondary N) is 1. The summed E-state index contributed by atoms with van der Waals surface area (Å²) < 4.78 is 11.6. The fraction of sp³-hybridized carbons (Fsp3) is 0.174. The van der Waals surface area contributed by atoms with Gasteiger partial charge in [-0.1, -0.05) is 65.8 Å². The molecule has 4 rings (SSSR count). The van der Waals surface area contributed by atoms with Crippen LogP contribution in [-0.2, 0) is 34.6 Å². The Bertz CT molecular complexity index is 1310. The van der Waals surface area contributed by atoms with Gasteiger partial charge in [-0.25, -0.2) is 9.78 Å². The maximum Gasteiger partial charge on any atom is 0.460 e. The molecule has 0 unspecified atom stereocenters. The van der Waals surface area contributed by atoms with Gasteiger partial charge in [-0.3, -0.25) is 10.1 Å². The Labute approximate surface area is 198 Å². The zero-order valence-corrected chi connectivity index (χ0v) is 19.0. The van der Waals surface area contributed by atoms with Crippen molar-refractivity contribution in [3.8, 4) is 0 Å². The summed E-state index contributed by atoms with van der Waals surface area (Å²) in [5.74, 6) is -0.791. The van der Waals surface area contributed by atoms with E-state index in [-0.39, 0.29) is 24.9 Å². The summed E-state index contributed by atoms with van der Waals surface area (Å²) in [7, 11) is 1.56. The Morgan fingerprint density at radius 1 is 1.09 bits per heavy atom. The number of ether oxygens (including phenoxy) is 1. The monoisotopic (exact) mass is 479 g/mol. The molecule has 0 spiro atoms. The normalized spacial score (nSPS) is 11.4. The lowest BCUT2D eigenvalue weighted by Crippen LogP contribution is -2.18. The number of aromatic nitrogens is 3. The highest BCUT2D eigenvalue weighted by atomic mass is 32.1. The van der Waals surface area contributed by atoms with E-state index in [1.54, 1.807) is 12.4 Å². The van der Waals surface area contributed by atoms with Gasteiger partial charge in [0.05, 0.1) is 12.3 Å². The number of anilines is 1. The van der Waals surface area contributed by atoms with Gasteiger partial charge in [0.15, 0.2) is 23.3 Å². The van der Waals surface area contributed by atoms with Gasteiger partial charge in [-0.15, -0.1) is 11.3 Å². The second kappa shape index (κ2) is 11.2. The zero-order valence-electron chi connectivity index (χ0n) is 18.2. The Balaban J connectivity index is 1.33. The van der Waals surface area contributed by atoms with E-state index in [4.69, 9.17) is 14.1 Å². The van der Waals surface area contributed by atoms with Crippen molar-refractivity contribution < 1.29 is 18.9 Å². The summed E-state index contributed by atoms with van der Waals surface area (Å²) in [5, 5.41) is 9.05. The number of hydrogen-bond donors (Lipinski definition) is 1. The minimum atomic E-state index is -0.728. The Kier molecular flexibility index (Phi) is 7.58. The summed E-state index contributed by atoms with van der Waals surface area (Å²) >= 11 is 1.27. The number of hydrogen-bond acceptors (Lipinski definition) is 9. The number of rotatable bonds is 10. The van der Waals surface area contributed by atoms with Crippen LogP contribution in [0.3, 0.4) is 0 Å². The summed E-state index contributed by atoms with van der Waals surface area (Å²) in [6.07, 6.45) is 0. The van der Waals surface area contributed by atoms with E-state index in [1.807, 2.05) is 60.7 Å². The topological polar surface area (TPSA) is 121 Å². The van der Waals surface area contributed by atoms with E-state index in [9.17, 15) is 9.59 Å². The first-order chi connectivity index (χ1) is 16.6. The number of aryl methyl sites for hydroxylation is 1. The van der Waals surface area contributed by atoms with Crippen LogP contribution in [0, 0.1) is 0 Å². The molecular formula is C23H21N5O5S. The summed E-state index contributed by atoms with van der Waals surface area (Å²) in [6, 6.07) is 18.8. The first kappa shape index (κ1) is 23.1. The second-order valence-electron chi connectivity index (χ2n) is 7.04. The molecule has 0 aliphatic heterocycles. The average molecular weight is 480 g/mol. The standard InChI is InChI=1S/C23H21N5O5S/c1-28-21(26-23(30)33-28)20(17-10-6-3-7-11-17)27-32-13-18-15-34-22(24-18)25-19(29)14-31-12-16-8-4-2-5-9-16/h2-11,15H,12-14H2,1H3,(H,24,25,29)/b27-20-. The average Bonchev–Trinajstić information content (AvgIpc) is 3.43. The van der Waals surface area contributed by atoms with Gasteiger partial charge in [0.1, 0.15) is 6.61 Å². The molecule has 2 heterocycles. The van der Waals surface area contributed by atoms with Gasteiger partial charge in [-0.05, 0) is 5.56 Å². The smallest absolute Gasteiger partial charge is 0.389 e. The van der Waals surface area contributed by atoms with Crippen molar-refractivity contribution in [3.63, 3.8) is 0 Å². The van der Waals surface area contributed by atoms with Crippen LogP contribution in [0.15, 0.2) is 80.5 Å². The molecule has 0 aliphatic carbocycles. The third-order valence-electron chi connectivity index (χ3n) is 4.48. The zero-order chi connectivity index (χ0) is 23.8. The minimum absolute atomic E-state index is 0.0546. The molecule has 0 bridgehead atoms.